The summed E-state index contributed by atoms with van der Waals surface area (Å²) in [4.78, 5) is 0. The monoisotopic (exact) mass is 292 g/mol. The van der Waals surface area contributed by atoms with Crippen molar-refractivity contribution in [2.24, 2.45) is 5.92 Å². The lowest BCUT2D eigenvalue weighted by atomic mass is 9.78. The summed E-state index contributed by atoms with van der Waals surface area (Å²) in [6.45, 7) is 3.66. The highest BCUT2D eigenvalue weighted by atomic mass is 32.2. The van der Waals surface area contributed by atoms with Crippen molar-refractivity contribution in [3.8, 4) is 0 Å². The molecule has 19 heavy (non-hydrogen) atoms. The highest BCUT2D eigenvalue weighted by molar-refractivity contribution is 7.87. The van der Waals surface area contributed by atoms with Crippen LogP contribution in [0, 0.1) is 5.92 Å². The van der Waals surface area contributed by atoms with Crippen LogP contribution in [0.15, 0.2) is 0 Å². The summed E-state index contributed by atoms with van der Waals surface area (Å²) in [6, 6.07) is 0. The van der Waals surface area contributed by atoms with Gasteiger partial charge in [-0.1, -0.05) is 6.92 Å². The van der Waals surface area contributed by atoms with E-state index in [0.717, 1.165) is 12.8 Å². The number of nitrogens with one attached hydrogen (secondary N) is 1. The first-order chi connectivity index (χ1) is 8.97. The predicted octanol–water partition coefficient (Wildman–Crippen LogP) is 0.0942. The standard InChI is InChI=1S/C12H24N2O4S/c1-11-2-4-12(10-15,5-3-11)13-19(16,17)14-6-8-18-9-7-14/h11,13,15H,2-10H2,1H3. The van der Waals surface area contributed by atoms with Crippen molar-refractivity contribution < 1.29 is 18.3 Å². The number of ether oxygens (including phenoxy) is 1. The molecule has 112 valence electrons. The third-order valence-electron chi connectivity index (χ3n) is 4.19. The van der Waals surface area contributed by atoms with Gasteiger partial charge in [-0.15, -0.1) is 0 Å². The van der Waals surface area contributed by atoms with Crippen LogP contribution in [0.2, 0.25) is 0 Å². The fourth-order valence-electron chi connectivity index (χ4n) is 2.73. The lowest BCUT2D eigenvalue weighted by molar-refractivity contribution is 0.0697. The van der Waals surface area contributed by atoms with Gasteiger partial charge in [0.2, 0.25) is 0 Å². The number of hydrogen-bond acceptors (Lipinski definition) is 4. The zero-order valence-electron chi connectivity index (χ0n) is 11.5. The molecule has 6 nitrogen and oxygen atoms in total. The van der Waals surface area contributed by atoms with E-state index in [1.54, 1.807) is 0 Å². The molecule has 0 atom stereocenters. The Morgan fingerprint density at radius 3 is 2.42 bits per heavy atom. The van der Waals surface area contributed by atoms with E-state index in [2.05, 4.69) is 11.6 Å². The molecule has 0 aromatic heterocycles. The van der Waals surface area contributed by atoms with Crippen molar-refractivity contribution in [1.82, 2.24) is 9.03 Å². The molecule has 2 aliphatic rings. The normalized spacial score (nSPS) is 34.3. The van der Waals surface area contributed by atoms with Gasteiger partial charge in [0.25, 0.3) is 10.2 Å². The molecule has 1 saturated heterocycles. The van der Waals surface area contributed by atoms with Crippen molar-refractivity contribution in [2.75, 3.05) is 32.9 Å². The molecule has 0 aromatic carbocycles. The van der Waals surface area contributed by atoms with E-state index in [1.807, 2.05) is 0 Å². The molecule has 1 heterocycles. The van der Waals surface area contributed by atoms with Gasteiger partial charge in [-0.25, -0.2) is 0 Å². The Morgan fingerprint density at radius 2 is 1.89 bits per heavy atom. The van der Waals surface area contributed by atoms with E-state index < -0.39 is 15.7 Å². The maximum absolute atomic E-state index is 12.3. The Hall–Kier alpha value is -0.210. The van der Waals surface area contributed by atoms with Crippen molar-refractivity contribution in [3.05, 3.63) is 0 Å². The molecule has 0 amide bonds. The Bertz CT molecular complexity index is 385. The van der Waals surface area contributed by atoms with Crippen molar-refractivity contribution >= 4 is 10.2 Å². The molecule has 2 rings (SSSR count). The first-order valence-electron chi connectivity index (χ1n) is 6.95. The fourth-order valence-corrected chi connectivity index (χ4v) is 4.31. The predicted molar refractivity (Wildman–Crippen MR) is 71.9 cm³/mol. The molecule has 0 bridgehead atoms. The van der Waals surface area contributed by atoms with E-state index >= 15 is 0 Å². The van der Waals surface area contributed by atoms with Crippen LogP contribution in [0.1, 0.15) is 32.6 Å². The summed E-state index contributed by atoms with van der Waals surface area (Å²) < 4.78 is 34.0. The molecule has 0 unspecified atom stereocenters. The van der Waals surface area contributed by atoms with E-state index in [0.29, 0.717) is 45.1 Å². The molecule has 1 saturated carbocycles. The SMILES string of the molecule is CC1CCC(CO)(NS(=O)(=O)N2CCOCC2)CC1. The summed E-state index contributed by atoms with van der Waals surface area (Å²) in [6.07, 6.45) is 3.31. The smallest absolute Gasteiger partial charge is 0.280 e. The highest BCUT2D eigenvalue weighted by Crippen LogP contribution is 2.32. The lowest BCUT2D eigenvalue weighted by Crippen LogP contribution is -2.58. The topological polar surface area (TPSA) is 78.9 Å². The van der Waals surface area contributed by atoms with Crippen LogP contribution in [-0.2, 0) is 14.9 Å². The lowest BCUT2D eigenvalue weighted by Gasteiger charge is -2.40. The molecular formula is C12H24N2O4S. The maximum Gasteiger partial charge on any atom is 0.280 e. The Balaban J connectivity index is 2.04. The quantitative estimate of drug-likeness (QED) is 0.770. The summed E-state index contributed by atoms with van der Waals surface area (Å²) in [5.41, 5.74) is -0.677. The largest absolute Gasteiger partial charge is 0.394 e. The molecule has 2 fully saturated rings. The van der Waals surface area contributed by atoms with Crippen LogP contribution < -0.4 is 4.72 Å². The van der Waals surface area contributed by atoms with Gasteiger partial charge in [-0.3, -0.25) is 0 Å². The number of nitrogens with zero attached hydrogens (tertiary/aromatic N) is 1. The fraction of sp³-hybridized carbons (Fsp3) is 1.00. The van der Waals surface area contributed by atoms with Crippen LogP contribution in [-0.4, -0.2) is 56.3 Å². The number of morpholine rings is 1. The second-order valence-electron chi connectivity index (χ2n) is 5.74. The Kier molecular flexibility index (Phi) is 4.84. The maximum atomic E-state index is 12.3. The number of rotatable bonds is 4. The average molecular weight is 292 g/mol. The second kappa shape index (κ2) is 6.05. The van der Waals surface area contributed by atoms with Gasteiger partial charge >= 0.3 is 0 Å². The third-order valence-corrected chi connectivity index (χ3v) is 5.93. The highest BCUT2D eigenvalue weighted by Gasteiger charge is 2.39. The zero-order valence-corrected chi connectivity index (χ0v) is 12.3. The minimum Gasteiger partial charge on any atom is -0.394 e. The van der Waals surface area contributed by atoms with E-state index in [9.17, 15) is 13.5 Å². The van der Waals surface area contributed by atoms with Gasteiger partial charge in [0.05, 0.1) is 25.4 Å². The second-order valence-corrected chi connectivity index (χ2v) is 7.41. The minimum atomic E-state index is -3.53. The van der Waals surface area contributed by atoms with Crippen LogP contribution in [0.3, 0.4) is 0 Å². The van der Waals surface area contributed by atoms with Crippen molar-refractivity contribution in [3.63, 3.8) is 0 Å². The number of aliphatic hydroxyl groups is 1. The van der Waals surface area contributed by atoms with Crippen molar-refractivity contribution in [1.29, 1.82) is 0 Å². The molecule has 2 N–H and O–H groups in total. The number of hydrogen-bond donors (Lipinski definition) is 2. The Labute approximate surface area is 115 Å². The van der Waals surface area contributed by atoms with Crippen LogP contribution in [0.4, 0.5) is 0 Å². The molecular weight excluding hydrogens is 268 g/mol. The average Bonchev–Trinajstić information content (AvgIpc) is 2.42. The third kappa shape index (κ3) is 3.66. The zero-order chi connectivity index (χ0) is 13.9. The number of aliphatic hydroxyl groups excluding tert-OH is 1. The van der Waals surface area contributed by atoms with Gasteiger partial charge in [0.1, 0.15) is 0 Å². The minimum absolute atomic E-state index is 0.136. The van der Waals surface area contributed by atoms with Crippen LogP contribution >= 0.6 is 0 Å². The van der Waals surface area contributed by atoms with Crippen LogP contribution in [0.25, 0.3) is 0 Å². The van der Waals surface area contributed by atoms with Gasteiger partial charge in [-0.05, 0) is 31.6 Å². The van der Waals surface area contributed by atoms with Crippen molar-refractivity contribution in [2.45, 2.75) is 38.1 Å². The van der Waals surface area contributed by atoms with Gasteiger partial charge in [0, 0.05) is 13.1 Å². The Morgan fingerprint density at radius 1 is 1.32 bits per heavy atom. The summed E-state index contributed by atoms with van der Waals surface area (Å²) in [7, 11) is -3.53. The first-order valence-corrected chi connectivity index (χ1v) is 8.39. The molecule has 1 aliphatic carbocycles. The summed E-state index contributed by atoms with van der Waals surface area (Å²) >= 11 is 0. The molecule has 0 radical (unpaired) electrons. The molecule has 7 heteroatoms. The van der Waals surface area contributed by atoms with E-state index in [4.69, 9.17) is 4.74 Å². The van der Waals surface area contributed by atoms with Gasteiger partial charge < -0.3 is 9.84 Å². The van der Waals surface area contributed by atoms with Gasteiger partial charge in [0.15, 0.2) is 0 Å². The van der Waals surface area contributed by atoms with Gasteiger partial charge in [-0.2, -0.15) is 17.4 Å². The van der Waals surface area contributed by atoms with E-state index in [1.165, 1.54) is 4.31 Å². The molecule has 0 spiro atoms. The summed E-state index contributed by atoms with van der Waals surface area (Å²) in [5.74, 6) is 0.604. The summed E-state index contributed by atoms with van der Waals surface area (Å²) in [5, 5.41) is 9.62. The van der Waals surface area contributed by atoms with Crippen LogP contribution in [0.5, 0.6) is 0 Å². The molecule has 1 aliphatic heterocycles. The first kappa shape index (κ1) is 15.2. The van der Waals surface area contributed by atoms with E-state index in [-0.39, 0.29) is 6.61 Å². The molecule has 0 aromatic rings.